The summed E-state index contributed by atoms with van der Waals surface area (Å²) in [7, 11) is 0. The van der Waals surface area contributed by atoms with Gasteiger partial charge in [-0.3, -0.25) is 4.79 Å². The average Bonchev–Trinajstić information content (AvgIpc) is 2.99. The lowest BCUT2D eigenvalue weighted by molar-refractivity contribution is -0.129. The number of nitrogens with zero attached hydrogens (tertiary/aromatic N) is 1. The number of ether oxygens (including phenoxy) is 1. The van der Waals surface area contributed by atoms with E-state index in [-0.39, 0.29) is 17.4 Å². The number of likely N-dealkylation sites (tertiary alicyclic amines) is 1. The van der Waals surface area contributed by atoms with E-state index in [4.69, 9.17) is 4.74 Å². The van der Waals surface area contributed by atoms with Gasteiger partial charge in [-0.15, -0.1) is 6.58 Å². The minimum absolute atomic E-state index is 0.0736. The van der Waals surface area contributed by atoms with Crippen LogP contribution in [0.4, 0.5) is 0 Å². The zero-order valence-electron chi connectivity index (χ0n) is 15.4. The van der Waals surface area contributed by atoms with Gasteiger partial charge >= 0.3 is 0 Å². The van der Waals surface area contributed by atoms with Crippen LogP contribution in [0.2, 0.25) is 0 Å². The van der Waals surface area contributed by atoms with E-state index in [2.05, 4.69) is 37.8 Å². The van der Waals surface area contributed by atoms with E-state index in [0.29, 0.717) is 26.2 Å². The molecule has 0 bridgehead atoms. The fourth-order valence-corrected chi connectivity index (χ4v) is 3.75. The molecule has 2 aromatic rings. The van der Waals surface area contributed by atoms with E-state index in [1.165, 1.54) is 5.56 Å². The summed E-state index contributed by atoms with van der Waals surface area (Å²) < 4.78 is 6.01. The van der Waals surface area contributed by atoms with Crippen molar-refractivity contribution < 1.29 is 9.53 Å². The molecule has 0 spiro atoms. The lowest BCUT2D eigenvalue weighted by Crippen LogP contribution is -2.33. The summed E-state index contributed by atoms with van der Waals surface area (Å²) in [5.74, 6) is 0.200. The van der Waals surface area contributed by atoms with E-state index >= 15 is 0 Å². The van der Waals surface area contributed by atoms with Crippen molar-refractivity contribution >= 4 is 5.91 Å². The topological polar surface area (TPSA) is 29.5 Å². The number of rotatable bonds is 8. The summed E-state index contributed by atoms with van der Waals surface area (Å²) >= 11 is 0. The van der Waals surface area contributed by atoms with E-state index in [0.717, 1.165) is 12.0 Å². The highest BCUT2D eigenvalue weighted by Crippen LogP contribution is 2.39. The molecule has 1 fully saturated rings. The van der Waals surface area contributed by atoms with Crippen LogP contribution in [-0.4, -0.2) is 24.0 Å². The maximum absolute atomic E-state index is 12.7. The Kier molecular flexibility index (Phi) is 5.89. The molecule has 0 aliphatic carbocycles. The highest BCUT2D eigenvalue weighted by atomic mass is 16.5. The summed E-state index contributed by atoms with van der Waals surface area (Å²) in [5.41, 5.74) is 2.14. The van der Waals surface area contributed by atoms with E-state index < -0.39 is 0 Å². The summed E-state index contributed by atoms with van der Waals surface area (Å²) in [6.45, 7) is 7.85. The molecule has 0 N–H and O–H groups in total. The van der Waals surface area contributed by atoms with Crippen LogP contribution in [0.5, 0.6) is 0 Å². The Morgan fingerprint density at radius 1 is 1.15 bits per heavy atom. The molecule has 0 aromatic heterocycles. The smallest absolute Gasteiger partial charge is 0.223 e. The lowest BCUT2D eigenvalue weighted by Gasteiger charge is -2.30. The molecule has 1 aliphatic heterocycles. The minimum atomic E-state index is -0.184. The first-order valence-electron chi connectivity index (χ1n) is 9.20. The Hall–Kier alpha value is -2.39. The van der Waals surface area contributed by atoms with Crippen LogP contribution in [-0.2, 0) is 16.1 Å². The molecule has 1 amide bonds. The van der Waals surface area contributed by atoms with E-state index in [1.54, 1.807) is 0 Å². The van der Waals surface area contributed by atoms with Crippen LogP contribution in [0, 0.1) is 5.41 Å². The van der Waals surface area contributed by atoms with Gasteiger partial charge < -0.3 is 9.64 Å². The first-order chi connectivity index (χ1) is 12.6. The summed E-state index contributed by atoms with van der Waals surface area (Å²) in [5, 5.41) is 0. The Balaban J connectivity index is 1.67. The number of allylic oxidation sites excluding steroid dienone is 1. The molecule has 2 aromatic carbocycles. The quantitative estimate of drug-likeness (QED) is 0.643. The van der Waals surface area contributed by atoms with Gasteiger partial charge in [-0.2, -0.15) is 0 Å². The van der Waals surface area contributed by atoms with Gasteiger partial charge in [-0.05, 0) is 24.5 Å². The fraction of sp³-hybridized carbons (Fsp3) is 0.348. The van der Waals surface area contributed by atoms with Crippen LogP contribution < -0.4 is 0 Å². The summed E-state index contributed by atoms with van der Waals surface area (Å²) in [6.07, 6.45) is 3.21. The van der Waals surface area contributed by atoms with Gasteiger partial charge in [0.05, 0.1) is 19.3 Å². The molecular weight excluding hydrogens is 322 g/mol. The van der Waals surface area contributed by atoms with E-state index in [9.17, 15) is 4.79 Å². The third-order valence-electron chi connectivity index (χ3n) is 5.20. The van der Waals surface area contributed by atoms with Gasteiger partial charge in [-0.1, -0.05) is 66.7 Å². The molecule has 0 radical (unpaired) electrons. The van der Waals surface area contributed by atoms with Gasteiger partial charge in [0, 0.05) is 18.4 Å². The van der Waals surface area contributed by atoms with Gasteiger partial charge in [-0.25, -0.2) is 0 Å². The second-order valence-electron chi connectivity index (χ2n) is 7.26. The van der Waals surface area contributed by atoms with Crippen LogP contribution >= 0.6 is 0 Å². The predicted octanol–water partition coefficient (Wildman–Crippen LogP) is 4.76. The zero-order chi connectivity index (χ0) is 18.4. The molecule has 1 saturated heterocycles. The number of benzene rings is 2. The molecular formula is C23H27NO2. The Bertz CT molecular complexity index is 728. The van der Waals surface area contributed by atoms with E-state index in [1.807, 2.05) is 47.4 Å². The molecule has 0 saturated carbocycles. The van der Waals surface area contributed by atoms with Gasteiger partial charge in [0.15, 0.2) is 0 Å². The molecule has 3 rings (SSSR count). The first-order valence-corrected chi connectivity index (χ1v) is 9.20. The maximum Gasteiger partial charge on any atom is 0.223 e. The molecule has 3 heteroatoms. The Labute approximate surface area is 156 Å². The van der Waals surface area contributed by atoms with Crippen molar-refractivity contribution in [2.24, 2.45) is 5.41 Å². The van der Waals surface area contributed by atoms with Crippen molar-refractivity contribution in [2.45, 2.75) is 32.4 Å². The highest BCUT2D eigenvalue weighted by Gasteiger charge is 2.44. The minimum Gasteiger partial charge on any atom is -0.376 e. The molecule has 136 valence electrons. The normalized spacial score (nSPS) is 21.0. The molecule has 3 nitrogen and oxygen atoms in total. The largest absolute Gasteiger partial charge is 0.376 e. The first kappa shape index (κ1) is 18.4. The monoisotopic (exact) mass is 349 g/mol. The van der Waals surface area contributed by atoms with Gasteiger partial charge in [0.2, 0.25) is 5.91 Å². The Morgan fingerprint density at radius 2 is 1.81 bits per heavy atom. The van der Waals surface area contributed by atoms with Crippen LogP contribution in [0.15, 0.2) is 73.3 Å². The third kappa shape index (κ3) is 4.23. The van der Waals surface area contributed by atoms with Crippen molar-refractivity contribution in [2.75, 3.05) is 13.2 Å². The highest BCUT2D eigenvalue weighted by molar-refractivity contribution is 5.80. The number of carbonyl (C=O) groups is 1. The van der Waals surface area contributed by atoms with Crippen molar-refractivity contribution in [3.63, 3.8) is 0 Å². The van der Waals surface area contributed by atoms with Crippen LogP contribution in [0.25, 0.3) is 0 Å². The average molecular weight is 349 g/mol. The lowest BCUT2D eigenvalue weighted by atomic mass is 9.84. The van der Waals surface area contributed by atoms with Crippen molar-refractivity contribution in [3.8, 4) is 0 Å². The fourth-order valence-electron chi connectivity index (χ4n) is 3.75. The molecule has 2 atom stereocenters. The molecule has 26 heavy (non-hydrogen) atoms. The Morgan fingerprint density at radius 3 is 2.46 bits per heavy atom. The molecule has 1 aliphatic rings. The summed E-state index contributed by atoms with van der Waals surface area (Å²) in [4.78, 5) is 14.7. The SMILES string of the molecule is C=CC[C@@]1(COCc2ccccc2)CC(=O)N([C@H](C)c2ccccc2)C1. The van der Waals surface area contributed by atoms with Crippen LogP contribution in [0.1, 0.15) is 36.9 Å². The number of hydrogen-bond acceptors (Lipinski definition) is 2. The van der Waals surface area contributed by atoms with Crippen molar-refractivity contribution in [1.29, 1.82) is 0 Å². The number of amides is 1. The standard InChI is InChI=1S/C23H27NO2/c1-3-14-23(18-26-16-20-10-6-4-7-11-20)15-22(25)24(17-23)19(2)21-12-8-5-9-13-21/h3-13,19H,1,14-18H2,2H3/t19-,23-/m1/s1. The van der Waals surface area contributed by atoms with Crippen molar-refractivity contribution in [3.05, 3.63) is 84.4 Å². The summed E-state index contributed by atoms with van der Waals surface area (Å²) in [6, 6.07) is 20.4. The third-order valence-corrected chi connectivity index (χ3v) is 5.20. The van der Waals surface area contributed by atoms with Crippen molar-refractivity contribution in [1.82, 2.24) is 4.90 Å². The predicted molar refractivity (Wildman–Crippen MR) is 105 cm³/mol. The maximum atomic E-state index is 12.7. The molecule has 0 unspecified atom stereocenters. The molecule has 1 heterocycles. The van der Waals surface area contributed by atoms with Gasteiger partial charge in [0.1, 0.15) is 0 Å². The second-order valence-corrected chi connectivity index (χ2v) is 7.26. The second kappa shape index (κ2) is 8.33. The zero-order valence-corrected chi connectivity index (χ0v) is 15.4. The van der Waals surface area contributed by atoms with Crippen LogP contribution in [0.3, 0.4) is 0 Å². The number of hydrogen-bond donors (Lipinski definition) is 0. The van der Waals surface area contributed by atoms with Gasteiger partial charge in [0.25, 0.3) is 0 Å². The number of carbonyl (C=O) groups excluding carboxylic acids is 1.